The van der Waals surface area contributed by atoms with Crippen LogP contribution < -0.4 is 15.8 Å². The van der Waals surface area contributed by atoms with Crippen LogP contribution in [0.3, 0.4) is 0 Å². The van der Waals surface area contributed by atoms with Gasteiger partial charge in [-0.1, -0.05) is 11.6 Å². The molecule has 124 valence electrons. The largest absolute Gasteiger partial charge is 0.496 e. The molecule has 3 rings (SSSR count). The molecular weight excluding hydrogens is 338 g/mol. The molecule has 7 heteroatoms. The molecule has 0 saturated heterocycles. The summed E-state index contributed by atoms with van der Waals surface area (Å²) in [5.41, 5.74) is 8.51. The van der Waals surface area contributed by atoms with E-state index >= 15 is 0 Å². The molecule has 0 saturated carbocycles. The Hall–Kier alpha value is -3.30. The van der Waals surface area contributed by atoms with Gasteiger partial charge >= 0.3 is 0 Å². The predicted molar refractivity (Wildman–Crippen MR) is 97.9 cm³/mol. The van der Waals surface area contributed by atoms with Crippen molar-refractivity contribution < 1.29 is 4.74 Å². The van der Waals surface area contributed by atoms with Crippen LogP contribution in [0.2, 0.25) is 5.02 Å². The Kier molecular flexibility index (Phi) is 4.68. The number of methoxy groups -OCH3 is 1. The number of nitrogens with one attached hydrogen (secondary N) is 1. The standard InChI is InChI=1S/C18H14ClN5O/c1-25-16-7-4-12(19)8-14(16)15-9-17(24-18(21)23-15)22-13-5-2-11(10-20)3-6-13/h2-9H,1H3,(H3,21,22,23,24). The molecule has 6 nitrogen and oxygen atoms in total. The van der Waals surface area contributed by atoms with Crippen molar-refractivity contribution in [1.29, 1.82) is 5.26 Å². The number of aromatic nitrogens is 2. The molecule has 0 unspecified atom stereocenters. The molecule has 0 amide bonds. The number of nitriles is 1. The zero-order valence-corrected chi connectivity index (χ0v) is 14.1. The Morgan fingerprint density at radius 2 is 1.88 bits per heavy atom. The molecular formula is C18H14ClN5O. The molecule has 2 aromatic carbocycles. The van der Waals surface area contributed by atoms with E-state index in [1.807, 2.05) is 0 Å². The molecule has 0 aliphatic carbocycles. The minimum atomic E-state index is 0.121. The summed E-state index contributed by atoms with van der Waals surface area (Å²) in [6.45, 7) is 0. The zero-order valence-electron chi connectivity index (χ0n) is 13.3. The third-order valence-corrected chi connectivity index (χ3v) is 3.70. The van der Waals surface area contributed by atoms with Crippen LogP contribution in [0.15, 0.2) is 48.5 Å². The van der Waals surface area contributed by atoms with Gasteiger partial charge in [-0.05, 0) is 42.5 Å². The van der Waals surface area contributed by atoms with Crippen LogP contribution in [0.25, 0.3) is 11.3 Å². The highest BCUT2D eigenvalue weighted by atomic mass is 35.5. The molecule has 3 aromatic rings. The van der Waals surface area contributed by atoms with Crippen LogP contribution >= 0.6 is 11.6 Å². The maximum absolute atomic E-state index is 8.86. The van der Waals surface area contributed by atoms with Gasteiger partial charge in [-0.3, -0.25) is 0 Å². The van der Waals surface area contributed by atoms with Gasteiger partial charge in [0.05, 0.1) is 24.4 Å². The fraction of sp³-hybridized carbons (Fsp3) is 0.0556. The van der Waals surface area contributed by atoms with E-state index in [1.165, 1.54) is 0 Å². The number of hydrogen-bond acceptors (Lipinski definition) is 6. The SMILES string of the molecule is COc1ccc(Cl)cc1-c1cc(Nc2ccc(C#N)cc2)nc(N)n1. The molecule has 25 heavy (non-hydrogen) atoms. The number of rotatable bonds is 4. The Labute approximate surface area is 149 Å². The van der Waals surface area contributed by atoms with Crippen molar-refractivity contribution in [2.75, 3.05) is 18.2 Å². The van der Waals surface area contributed by atoms with Crippen molar-refractivity contribution in [3.63, 3.8) is 0 Å². The monoisotopic (exact) mass is 351 g/mol. The Morgan fingerprint density at radius 1 is 1.12 bits per heavy atom. The van der Waals surface area contributed by atoms with Crippen molar-refractivity contribution in [2.24, 2.45) is 0 Å². The van der Waals surface area contributed by atoms with E-state index in [4.69, 9.17) is 27.3 Å². The number of hydrogen-bond donors (Lipinski definition) is 2. The summed E-state index contributed by atoms with van der Waals surface area (Å²) in [6, 6.07) is 16.1. The van der Waals surface area contributed by atoms with Crippen molar-refractivity contribution in [3.05, 3.63) is 59.1 Å². The van der Waals surface area contributed by atoms with Gasteiger partial charge in [-0.2, -0.15) is 10.2 Å². The summed E-state index contributed by atoms with van der Waals surface area (Å²) >= 11 is 6.09. The average Bonchev–Trinajstić information content (AvgIpc) is 2.62. The van der Waals surface area contributed by atoms with Crippen molar-refractivity contribution in [2.45, 2.75) is 0 Å². The first-order chi connectivity index (χ1) is 12.1. The van der Waals surface area contributed by atoms with E-state index in [1.54, 1.807) is 55.6 Å². The van der Waals surface area contributed by atoms with Crippen molar-refractivity contribution >= 4 is 29.1 Å². The quantitative estimate of drug-likeness (QED) is 0.737. The number of ether oxygens (including phenoxy) is 1. The van der Waals surface area contributed by atoms with Gasteiger partial charge in [0, 0.05) is 22.3 Å². The summed E-state index contributed by atoms with van der Waals surface area (Å²) < 4.78 is 5.37. The summed E-state index contributed by atoms with van der Waals surface area (Å²) in [6.07, 6.45) is 0. The number of nitrogens with zero attached hydrogens (tertiary/aromatic N) is 3. The zero-order chi connectivity index (χ0) is 17.8. The maximum Gasteiger partial charge on any atom is 0.222 e. The number of halogens is 1. The molecule has 0 spiro atoms. The molecule has 1 heterocycles. The van der Waals surface area contributed by atoms with Gasteiger partial charge in [0.2, 0.25) is 5.95 Å². The summed E-state index contributed by atoms with van der Waals surface area (Å²) in [5.74, 6) is 1.27. The third kappa shape index (κ3) is 3.79. The lowest BCUT2D eigenvalue weighted by atomic mass is 10.1. The topological polar surface area (TPSA) is 96.8 Å². The van der Waals surface area contributed by atoms with Crippen molar-refractivity contribution in [3.8, 4) is 23.1 Å². The second-order valence-corrected chi connectivity index (χ2v) is 5.59. The molecule has 1 aromatic heterocycles. The van der Waals surface area contributed by atoms with E-state index < -0.39 is 0 Å². The average molecular weight is 352 g/mol. The van der Waals surface area contributed by atoms with E-state index in [0.717, 1.165) is 5.69 Å². The fourth-order valence-electron chi connectivity index (χ4n) is 2.32. The highest BCUT2D eigenvalue weighted by Crippen LogP contribution is 2.33. The third-order valence-electron chi connectivity index (χ3n) is 3.47. The highest BCUT2D eigenvalue weighted by Gasteiger charge is 2.11. The number of anilines is 3. The first kappa shape index (κ1) is 16.6. The normalized spacial score (nSPS) is 10.1. The lowest BCUT2D eigenvalue weighted by Gasteiger charge is -2.11. The van der Waals surface area contributed by atoms with E-state index in [0.29, 0.717) is 33.4 Å². The van der Waals surface area contributed by atoms with Crippen molar-refractivity contribution in [1.82, 2.24) is 9.97 Å². The van der Waals surface area contributed by atoms with Crippen LogP contribution in [0.4, 0.5) is 17.5 Å². The fourth-order valence-corrected chi connectivity index (χ4v) is 2.50. The van der Waals surface area contributed by atoms with Crippen LogP contribution in [0, 0.1) is 11.3 Å². The van der Waals surface area contributed by atoms with Gasteiger partial charge in [-0.15, -0.1) is 0 Å². The van der Waals surface area contributed by atoms with Crippen LogP contribution in [-0.2, 0) is 0 Å². The summed E-state index contributed by atoms with van der Waals surface area (Å²) in [4.78, 5) is 8.46. The maximum atomic E-state index is 8.86. The van der Waals surface area contributed by atoms with E-state index in [9.17, 15) is 0 Å². The van der Waals surface area contributed by atoms with Gasteiger partial charge in [0.1, 0.15) is 11.6 Å². The molecule has 3 N–H and O–H groups in total. The lowest BCUT2D eigenvalue weighted by Crippen LogP contribution is -2.02. The number of benzene rings is 2. The molecule has 0 bridgehead atoms. The number of nitrogen functional groups attached to an aromatic ring is 1. The summed E-state index contributed by atoms with van der Waals surface area (Å²) in [7, 11) is 1.58. The predicted octanol–water partition coefficient (Wildman–Crippen LogP) is 4.00. The van der Waals surface area contributed by atoms with E-state index in [2.05, 4.69) is 21.4 Å². The lowest BCUT2D eigenvalue weighted by molar-refractivity contribution is 0.416. The van der Waals surface area contributed by atoms with Crippen LogP contribution in [0.1, 0.15) is 5.56 Å². The van der Waals surface area contributed by atoms with Gasteiger partial charge in [-0.25, -0.2) is 4.98 Å². The smallest absolute Gasteiger partial charge is 0.222 e. The minimum absolute atomic E-state index is 0.121. The first-order valence-corrected chi connectivity index (χ1v) is 7.72. The molecule has 0 fully saturated rings. The Balaban J connectivity index is 1.98. The molecule has 0 atom stereocenters. The Bertz CT molecular complexity index is 951. The van der Waals surface area contributed by atoms with Crippen LogP contribution in [0.5, 0.6) is 5.75 Å². The second-order valence-electron chi connectivity index (χ2n) is 5.16. The molecule has 0 aliphatic heterocycles. The summed E-state index contributed by atoms with van der Waals surface area (Å²) in [5, 5.41) is 12.6. The first-order valence-electron chi connectivity index (χ1n) is 7.34. The van der Waals surface area contributed by atoms with E-state index in [-0.39, 0.29) is 5.95 Å². The highest BCUT2D eigenvalue weighted by molar-refractivity contribution is 6.31. The van der Waals surface area contributed by atoms with Crippen LogP contribution in [-0.4, -0.2) is 17.1 Å². The minimum Gasteiger partial charge on any atom is -0.496 e. The Morgan fingerprint density at radius 3 is 2.56 bits per heavy atom. The van der Waals surface area contributed by atoms with Gasteiger partial charge in [0.25, 0.3) is 0 Å². The van der Waals surface area contributed by atoms with Gasteiger partial charge in [0.15, 0.2) is 0 Å². The molecule has 0 aliphatic rings. The molecule has 0 radical (unpaired) electrons. The second kappa shape index (κ2) is 7.07. The number of nitrogens with two attached hydrogens (primary N) is 1. The van der Waals surface area contributed by atoms with Gasteiger partial charge < -0.3 is 15.8 Å².